The summed E-state index contributed by atoms with van der Waals surface area (Å²) in [7, 11) is 0. The van der Waals surface area contributed by atoms with E-state index in [1.54, 1.807) is 20.8 Å². The molecule has 0 aliphatic rings. The Labute approximate surface area is 665 Å². The average molecular weight is 1510 g/mol. The molecule has 0 amide bonds. The molecule has 0 aromatic carbocycles. The minimum absolute atomic E-state index is 0.361. The summed E-state index contributed by atoms with van der Waals surface area (Å²) in [5, 5.41) is 76.7. The summed E-state index contributed by atoms with van der Waals surface area (Å²) >= 11 is 0. The van der Waals surface area contributed by atoms with Gasteiger partial charge >= 0.3 is 0 Å². The van der Waals surface area contributed by atoms with E-state index in [1.165, 1.54) is 437 Å². The van der Waals surface area contributed by atoms with Gasteiger partial charge < -0.3 is 46.0 Å². The fraction of sp³-hybridized carbons (Fsp3) is 1.00. The zero-order valence-electron chi connectivity index (χ0n) is 74.9. The molecule has 0 atom stereocenters. The van der Waals surface area contributed by atoms with Gasteiger partial charge in [-0.1, -0.05) is 492 Å². The van der Waals surface area contributed by atoms with Gasteiger partial charge in [-0.3, -0.25) is 0 Å². The number of unbranched alkanes of at least 4 members (excludes halogenated alkanes) is 68. The molecular weight excluding hydrogens is 1300 g/mol. The molecule has 9 N–H and O–H groups in total. The molecule has 0 unspecified atom stereocenters. The van der Waals surface area contributed by atoms with Crippen molar-refractivity contribution in [2.75, 3.05) is 52.9 Å². The molecule has 0 saturated heterocycles. The fourth-order valence-corrected chi connectivity index (χ4v) is 12.1. The number of aliphatic hydroxyl groups excluding tert-OH is 8. The predicted octanol–water partition coefficient (Wildman–Crippen LogP) is 30.4. The highest BCUT2D eigenvalue weighted by atomic mass is 16.3. The Morgan fingerprint density at radius 1 is 0.114 bits per heavy atom. The zero-order valence-corrected chi connectivity index (χ0v) is 74.9. The molecule has 105 heavy (non-hydrogen) atoms. The van der Waals surface area contributed by atoms with Crippen molar-refractivity contribution in [1.29, 1.82) is 0 Å². The zero-order chi connectivity index (χ0) is 79.9. The highest BCUT2D eigenvalue weighted by molar-refractivity contribution is 4.55. The van der Waals surface area contributed by atoms with Gasteiger partial charge in [0, 0.05) is 52.9 Å². The molecule has 0 aromatic rings. The maximum absolute atomic E-state index is 8.67. The van der Waals surface area contributed by atoms with E-state index in [-0.39, 0.29) is 0 Å². The smallest absolute Gasteiger partial charge is 0.0563 e. The quantitative estimate of drug-likeness (QED) is 0.0268. The molecular formula is C96H210O9. The molecule has 0 bridgehead atoms. The Balaban J connectivity index is -0.000000144. The number of aliphatic hydroxyl groups is 9. The fourth-order valence-electron chi connectivity index (χ4n) is 12.1. The van der Waals surface area contributed by atoms with Gasteiger partial charge in [0.05, 0.1) is 5.60 Å². The van der Waals surface area contributed by atoms with Gasteiger partial charge in [-0.15, -0.1) is 0 Å². The van der Waals surface area contributed by atoms with Crippen LogP contribution >= 0.6 is 0 Å². The summed E-state index contributed by atoms with van der Waals surface area (Å²) in [5.41, 5.74) is -0.500. The van der Waals surface area contributed by atoms with E-state index in [4.69, 9.17) is 46.0 Å². The van der Waals surface area contributed by atoms with E-state index in [9.17, 15) is 0 Å². The summed E-state index contributed by atoms with van der Waals surface area (Å²) in [6.07, 6.45) is 101. The maximum atomic E-state index is 8.67. The Morgan fingerprint density at radius 3 is 0.219 bits per heavy atom. The van der Waals surface area contributed by atoms with Crippen LogP contribution in [0.5, 0.6) is 0 Å². The number of hydrogen-bond donors (Lipinski definition) is 9. The van der Waals surface area contributed by atoms with Crippen LogP contribution in [0.3, 0.4) is 0 Å². The highest BCUT2D eigenvalue weighted by Crippen LogP contribution is 2.17. The molecule has 0 radical (unpaired) electrons. The van der Waals surface area contributed by atoms with Crippen molar-refractivity contribution in [3.8, 4) is 0 Å². The summed E-state index contributed by atoms with van der Waals surface area (Å²) in [6, 6.07) is 0. The van der Waals surface area contributed by atoms with Gasteiger partial charge in [-0.25, -0.2) is 0 Å². The molecule has 9 heteroatoms. The van der Waals surface area contributed by atoms with Crippen molar-refractivity contribution in [3.05, 3.63) is 0 Å². The van der Waals surface area contributed by atoms with Crippen molar-refractivity contribution >= 4 is 0 Å². The van der Waals surface area contributed by atoms with Gasteiger partial charge in [0.25, 0.3) is 0 Å². The lowest BCUT2D eigenvalue weighted by atomic mass is 10.0. The standard InChI is InChI=1S/C18H38O.C16H34O.C13H28O.C12H26O.C10H22O.C9H20O.C8H18O.C6H14O.C4H10O/c1-2-3-4-5-6-7-8-9-10-11-12-13-14-15-16-17-18-19;1-2-3-4-5-6-7-8-9-10-11-12-13-14-15-16-17;1-2-3-4-5-6-7-8-9-10-11-12-13-14;1-2-3-4-5-6-7-8-9-10-11-12-13;1-2-3-4-5-6-7-8-9-10-11;1-2-3-4-5-6-7-8-9-10;1-2-3-4-5-6-7-8-9;1-2-3-4-5-6-7;1-4(2,3)5/h19H,2-18H2,1H3;17H,2-16H2,1H3;14H,2-13H2,1H3;13H,2-12H2,1H3;11H,2-10H2,1H3;10H,2-9H2,1H3;9H,2-8H2,1H3;7H,2-6H2,1H3;5H,1-3H3. The molecule has 0 heterocycles. The second-order valence-electron chi connectivity index (χ2n) is 32.0. The van der Waals surface area contributed by atoms with E-state index in [0.717, 1.165) is 51.4 Å². The molecule has 0 spiro atoms. The second-order valence-corrected chi connectivity index (χ2v) is 32.0. The first kappa shape index (κ1) is 123. The van der Waals surface area contributed by atoms with Crippen LogP contribution < -0.4 is 0 Å². The van der Waals surface area contributed by atoms with E-state index >= 15 is 0 Å². The van der Waals surface area contributed by atoms with Crippen LogP contribution in [0.2, 0.25) is 0 Å². The molecule has 648 valence electrons. The minimum Gasteiger partial charge on any atom is -0.396 e. The SMILES string of the molecule is CC(C)(C)O.CCCCCCCCCCCCCCCCCCO.CCCCCCCCCCCCCCCCO.CCCCCCCCCCCCCO.CCCCCCCCCCCCO.CCCCCCCCCCO.CCCCCCCCCO.CCCCCCCCO.CCCCCCO. The lowest BCUT2D eigenvalue weighted by Crippen LogP contribution is -2.10. The first-order chi connectivity index (χ1) is 51.3. The van der Waals surface area contributed by atoms with Crippen LogP contribution in [-0.4, -0.2) is 104 Å². The Kier molecular flexibility index (Phi) is 159. The van der Waals surface area contributed by atoms with Gasteiger partial charge in [0.1, 0.15) is 0 Å². The first-order valence-electron chi connectivity index (χ1n) is 47.9. The van der Waals surface area contributed by atoms with Gasteiger partial charge in [-0.2, -0.15) is 0 Å². The van der Waals surface area contributed by atoms with E-state index < -0.39 is 5.60 Å². The van der Waals surface area contributed by atoms with Crippen LogP contribution in [0.4, 0.5) is 0 Å². The molecule has 9 nitrogen and oxygen atoms in total. The van der Waals surface area contributed by atoms with Crippen LogP contribution in [0.1, 0.15) is 564 Å². The highest BCUT2D eigenvalue weighted by Gasteiger charge is 2.00. The Hall–Kier alpha value is -0.360. The molecule has 0 saturated carbocycles. The monoisotopic (exact) mass is 1510 g/mol. The summed E-state index contributed by atoms with van der Waals surface area (Å²) in [4.78, 5) is 0. The molecule has 0 aliphatic heterocycles. The van der Waals surface area contributed by atoms with Crippen molar-refractivity contribution in [2.45, 2.75) is 570 Å². The summed E-state index contributed by atoms with van der Waals surface area (Å²) in [5.74, 6) is 0. The largest absolute Gasteiger partial charge is 0.396 e. The van der Waals surface area contributed by atoms with Crippen LogP contribution in [-0.2, 0) is 0 Å². The van der Waals surface area contributed by atoms with Crippen molar-refractivity contribution in [3.63, 3.8) is 0 Å². The van der Waals surface area contributed by atoms with Crippen LogP contribution in [0.25, 0.3) is 0 Å². The van der Waals surface area contributed by atoms with Crippen LogP contribution in [0.15, 0.2) is 0 Å². The van der Waals surface area contributed by atoms with E-state index in [0.29, 0.717) is 52.9 Å². The Bertz CT molecular complexity index is 1120. The second kappa shape index (κ2) is 136. The van der Waals surface area contributed by atoms with Gasteiger partial charge in [0.15, 0.2) is 0 Å². The molecule has 0 rings (SSSR count). The third-order valence-electron chi connectivity index (χ3n) is 19.1. The lowest BCUT2D eigenvalue weighted by molar-refractivity contribution is 0.102. The minimum atomic E-state index is -0.500. The maximum Gasteiger partial charge on any atom is 0.0563 e. The average Bonchev–Trinajstić information content (AvgIpc) is 3.84. The van der Waals surface area contributed by atoms with E-state index in [2.05, 4.69) is 55.4 Å². The lowest BCUT2D eigenvalue weighted by Gasteiger charge is -2.04. The predicted molar refractivity (Wildman–Crippen MR) is 475 cm³/mol. The third kappa shape index (κ3) is 187. The molecule has 0 fully saturated rings. The van der Waals surface area contributed by atoms with Crippen molar-refractivity contribution < 1.29 is 46.0 Å². The third-order valence-corrected chi connectivity index (χ3v) is 19.1. The van der Waals surface area contributed by atoms with Crippen molar-refractivity contribution in [2.24, 2.45) is 0 Å². The Morgan fingerprint density at radius 2 is 0.162 bits per heavy atom. The van der Waals surface area contributed by atoms with Crippen LogP contribution in [0, 0.1) is 0 Å². The number of rotatable bonds is 76. The normalized spacial score (nSPS) is 10.6. The van der Waals surface area contributed by atoms with Gasteiger partial charge in [-0.05, 0) is 72.1 Å². The van der Waals surface area contributed by atoms with Gasteiger partial charge in [0.2, 0.25) is 0 Å². The topological polar surface area (TPSA) is 182 Å². The van der Waals surface area contributed by atoms with E-state index in [1.807, 2.05) is 0 Å². The van der Waals surface area contributed by atoms with Crippen molar-refractivity contribution in [1.82, 2.24) is 0 Å². The summed E-state index contributed by atoms with van der Waals surface area (Å²) < 4.78 is 0. The summed E-state index contributed by atoms with van der Waals surface area (Å²) in [6.45, 7) is 26.1. The molecule has 0 aromatic heterocycles. The molecule has 0 aliphatic carbocycles. The first-order valence-corrected chi connectivity index (χ1v) is 47.9. The number of hydrogen-bond acceptors (Lipinski definition) is 9.